The Bertz CT molecular complexity index is 1040. The molecular weight excluding hydrogens is 488 g/mol. The number of hydrogen-bond donors (Lipinski definition) is 3. The van der Waals surface area contributed by atoms with Crippen molar-refractivity contribution in [3.63, 3.8) is 0 Å². The van der Waals surface area contributed by atoms with Crippen molar-refractivity contribution in [2.45, 2.75) is 38.0 Å². The minimum absolute atomic E-state index is 0.0434. The molecule has 0 bridgehead atoms. The molecular formula is C23H30N6O8. The Balaban J connectivity index is 1.33. The van der Waals surface area contributed by atoms with Gasteiger partial charge in [0.1, 0.15) is 6.04 Å². The van der Waals surface area contributed by atoms with E-state index in [9.17, 15) is 24.3 Å². The maximum atomic E-state index is 12.9. The van der Waals surface area contributed by atoms with Crippen LogP contribution in [0.5, 0.6) is 0 Å². The number of carbonyl (C=O) groups is 4. The normalized spacial score (nSPS) is 17.7. The molecule has 3 N–H and O–H groups in total. The Kier molecular flexibility index (Phi) is 10.8. The second kappa shape index (κ2) is 14.3. The van der Waals surface area contributed by atoms with Crippen molar-refractivity contribution in [2.24, 2.45) is 5.11 Å². The van der Waals surface area contributed by atoms with Gasteiger partial charge in [-0.1, -0.05) is 11.2 Å². The van der Waals surface area contributed by atoms with Crippen LogP contribution in [0.15, 0.2) is 23.3 Å². The zero-order chi connectivity index (χ0) is 26.6. The van der Waals surface area contributed by atoms with Crippen LogP contribution in [0.2, 0.25) is 0 Å². The van der Waals surface area contributed by atoms with Crippen LogP contribution in [0, 0.1) is 0 Å². The van der Waals surface area contributed by atoms with E-state index < -0.39 is 18.1 Å². The van der Waals surface area contributed by atoms with E-state index in [-0.39, 0.29) is 76.5 Å². The third-order valence-electron chi connectivity index (χ3n) is 5.74. The molecule has 2 aliphatic rings. The maximum absolute atomic E-state index is 12.9. The molecule has 1 aromatic carbocycles. The summed E-state index contributed by atoms with van der Waals surface area (Å²) in [5.41, 5.74) is 9.72. The number of fused-ring (bicyclic) bond motifs is 1. The van der Waals surface area contributed by atoms with Crippen LogP contribution in [0.25, 0.3) is 10.4 Å². The van der Waals surface area contributed by atoms with E-state index >= 15 is 0 Å². The van der Waals surface area contributed by atoms with Crippen LogP contribution in [0.4, 0.5) is 5.69 Å². The first kappa shape index (κ1) is 28.0. The van der Waals surface area contributed by atoms with Crippen molar-refractivity contribution >= 4 is 29.3 Å². The fraction of sp³-hybridized carbons (Fsp3) is 0.565. The number of benzene rings is 1. The molecule has 0 spiro atoms. The van der Waals surface area contributed by atoms with E-state index in [1.54, 1.807) is 18.2 Å². The summed E-state index contributed by atoms with van der Waals surface area (Å²) >= 11 is 0. The number of anilines is 1. The Morgan fingerprint density at radius 1 is 1.19 bits per heavy atom. The molecule has 14 nitrogen and oxygen atoms in total. The van der Waals surface area contributed by atoms with Crippen LogP contribution >= 0.6 is 0 Å². The molecule has 2 unspecified atom stereocenters. The van der Waals surface area contributed by atoms with Gasteiger partial charge in [-0.25, -0.2) is 0 Å². The molecule has 1 saturated heterocycles. The summed E-state index contributed by atoms with van der Waals surface area (Å²) in [5, 5.41) is 17.7. The van der Waals surface area contributed by atoms with Gasteiger partial charge in [-0.05, 0) is 24.1 Å². The summed E-state index contributed by atoms with van der Waals surface area (Å²) in [6.45, 7) is 1.48. The number of azide groups is 1. The highest BCUT2D eigenvalue weighted by atomic mass is 16.5. The van der Waals surface area contributed by atoms with E-state index in [1.165, 1.54) is 4.90 Å². The quantitative estimate of drug-likeness (QED) is 0.0982. The van der Waals surface area contributed by atoms with Crippen molar-refractivity contribution in [1.82, 2.24) is 10.2 Å². The Morgan fingerprint density at radius 3 is 2.65 bits per heavy atom. The number of rotatable bonds is 15. The minimum atomic E-state index is -0.855. The lowest BCUT2D eigenvalue weighted by Crippen LogP contribution is -2.52. The Morgan fingerprint density at radius 2 is 1.92 bits per heavy atom. The van der Waals surface area contributed by atoms with Crippen molar-refractivity contribution in [3.8, 4) is 0 Å². The Labute approximate surface area is 212 Å². The molecule has 2 heterocycles. The summed E-state index contributed by atoms with van der Waals surface area (Å²) in [4.78, 5) is 52.9. The number of imide groups is 1. The first-order chi connectivity index (χ1) is 17.9. The molecule has 200 valence electrons. The van der Waals surface area contributed by atoms with Gasteiger partial charge in [0.25, 0.3) is 5.91 Å². The van der Waals surface area contributed by atoms with E-state index in [1.807, 2.05) is 0 Å². The summed E-state index contributed by atoms with van der Waals surface area (Å²) in [5.74, 6) is -1.43. The van der Waals surface area contributed by atoms with Gasteiger partial charge in [-0.2, -0.15) is 0 Å². The van der Waals surface area contributed by atoms with Gasteiger partial charge in [-0.3, -0.25) is 24.5 Å². The maximum Gasteiger partial charge on any atom is 0.255 e. The fourth-order valence-corrected chi connectivity index (χ4v) is 3.92. The standard InChI is InChI=1S/C23H30N6O8/c24-28-25-12-15(30)14-37-11-10-36-9-8-35-7-6-21(32)26-18-3-1-2-16-17(18)13-29(23(16)34)19-4-5-20(31)27-22(19)33/h1-3,15,19,30H,4-14H2,(H,26,32)(H,27,31,33). The van der Waals surface area contributed by atoms with E-state index in [2.05, 4.69) is 20.7 Å². The molecule has 1 aromatic rings. The number of aliphatic hydroxyl groups excluding tert-OH is 1. The molecule has 0 aliphatic carbocycles. The van der Waals surface area contributed by atoms with E-state index in [0.717, 1.165) is 0 Å². The first-order valence-corrected chi connectivity index (χ1v) is 11.9. The lowest BCUT2D eigenvalue weighted by molar-refractivity contribution is -0.137. The van der Waals surface area contributed by atoms with Crippen LogP contribution in [0.1, 0.15) is 35.2 Å². The minimum Gasteiger partial charge on any atom is -0.391 e. The molecule has 0 saturated carbocycles. The van der Waals surface area contributed by atoms with Crippen LogP contribution in [0.3, 0.4) is 0 Å². The zero-order valence-corrected chi connectivity index (χ0v) is 20.3. The number of nitrogens with one attached hydrogen (secondary N) is 2. The van der Waals surface area contributed by atoms with E-state index in [0.29, 0.717) is 30.0 Å². The van der Waals surface area contributed by atoms with E-state index in [4.69, 9.17) is 19.7 Å². The number of aliphatic hydroxyl groups is 1. The van der Waals surface area contributed by atoms with Gasteiger partial charge >= 0.3 is 0 Å². The number of nitrogens with zero attached hydrogens (tertiary/aromatic N) is 4. The summed E-state index contributed by atoms with van der Waals surface area (Å²) in [6, 6.07) is 4.29. The third-order valence-corrected chi connectivity index (χ3v) is 5.74. The smallest absolute Gasteiger partial charge is 0.255 e. The summed E-state index contributed by atoms with van der Waals surface area (Å²) in [6.07, 6.45) is -0.321. The lowest BCUT2D eigenvalue weighted by Gasteiger charge is -2.29. The highest BCUT2D eigenvalue weighted by molar-refractivity contribution is 6.06. The number of hydrogen-bond acceptors (Lipinski definition) is 9. The monoisotopic (exact) mass is 518 g/mol. The zero-order valence-electron chi connectivity index (χ0n) is 20.3. The van der Waals surface area contributed by atoms with Crippen molar-refractivity contribution in [2.75, 3.05) is 51.5 Å². The van der Waals surface area contributed by atoms with Gasteiger partial charge in [0.15, 0.2) is 0 Å². The van der Waals surface area contributed by atoms with Gasteiger partial charge in [0.2, 0.25) is 17.7 Å². The number of piperidine rings is 1. The topological polar surface area (TPSA) is 192 Å². The highest BCUT2D eigenvalue weighted by Crippen LogP contribution is 2.32. The van der Waals surface area contributed by atoms with Gasteiger partial charge in [0.05, 0.1) is 58.7 Å². The van der Waals surface area contributed by atoms with Crippen molar-refractivity contribution < 1.29 is 38.5 Å². The predicted octanol–water partition coefficient (Wildman–Crippen LogP) is 0.497. The molecule has 0 aromatic heterocycles. The SMILES string of the molecule is [N-]=[N+]=NCC(O)COCCOCCOCCC(=O)Nc1cccc2c1CN(C1CCC(=O)NC1=O)C2=O. The predicted molar refractivity (Wildman–Crippen MR) is 128 cm³/mol. The molecule has 14 heteroatoms. The highest BCUT2D eigenvalue weighted by Gasteiger charge is 2.39. The molecule has 2 atom stereocenters. The molecule has 0 radical (unpaired) electrons. The number of carbonyl (C=O) groups excluding carboxylic acids is 4. The first-order valence-electron chi connectivity index (χ1n) is 11.9. The van der Waals surface area contributed by atoms with Gasteiger partial charge in [0, 0.05) is 34.7 Å². The molecule has 1 fully saturated rings. The summed E-state index contributed by atoms with van der Waals surface area (Å²) < 4.78 is 15.9. The van der Waals surface area contributed by atoms with Crippen molar-refractivity contribution in [1.29, 1.82) is 0 Å². The average molecular weight is 519 g/mol. The number of amides is 4. The van der Waals surface area contributed by atoms with Gasteiger partial charge < -0.3 is 29.5 Å². The molecule has 37 heavy (non-hydrogen) atoms. The molecule has 4 amide bonds. The largest absolute Gasteiger partial charge is 0.391 e. The summed E-state index contributed by atoms with van der Waals surface area (Å²) in [7, 11) is 0. The second-order valence-electron chi connectivity index (χ2n) is 8.40. The fourth-order valence-electron chi connectivity index (χ4n) is 3.92. The third kappa shape index (κ3) is 8.23. The Hall–Kier alpha value is -3.55. The van der Waals surface area contributed by atoms with Crippen LogP contribution in [-0.2, 0) is 35.1 Å². The average Bonchev–Trinajstić information content (AvgIpc) is 3.21. The van der Waals surface area contributed by atoms with Gasteiger partial charge in [-0.15, -0.1) is 0 Å². The lowest BCUT2D eigenvalue weighted by atomic mass is 10.0. The molecule has 2 aliphatic heterocycles. The van der Waals surface area contributed by atoms with Crippen LogP contribution in [-0.4, -0.2) is 92.0 Å². The second-order valence-corrected chi connectivity index (χ2v) is 8.40. The number of ether oxygens (including phenoxy) is 3. The van der Waals surface area contributed by atoms with Crippen molar-refractivity contribution in [3.05, 3.63) is 39.8 Å². The molecule has 3 rings (SSSR count). The van der Waals surface area contributed by atoms with Crippen LogP contribution < -0.4 is 10.6 Å².